The van der Waals surface area contributed by atoms with Crippen LogP contribution in [0.15, 0.2) is 30.5 Å². The van der Waals surface area contributed by atoms with Crippen LogP contribution in [0.2, 0.25) is 0 Å². The molecule has 1 aromatic heterocycles. The first-order chi connectivity index (χ1) is 8.85. The van der Waals surface area contributed by atoms with Gasteiger partial charge in [-0.25, -0.2) is 0 Å². The van der Waals surface area contributed by atoms with Crippen molar-refractivity contribution in [2.75, 3.05) is 13.7 Å². The number of pyridine rings is 1. The van der Waals surface area contributed by atoms with E-state index in [4.69, 9.17) is 4.74 Å². The lowest BCUT2D eigenvalue weighted by Crippen LogP contribution is -2.05. The lowest BCUT2D eigenvalue weighted by molar-refractivity contribution is 0.312. The molecule has 3 nitrogen and oxygen atoms in total. The van der Waals surface area contributed by atoms with E-state index in [2.05, 4.69) is 29.4 Å². The molecule has 1 aromatic carbocycles. The number of nitrogens with zero attached hydrogens (tertiary/aromatic N) is 1. The highest BCUT2D eigenvalue weighted by Gasteiger charge is 2.04. The first-order valence-corrected chi connectivity index (χ1v) is 6.50. The Morgan fingerprint density at radius 3 is 3.00 bits per heavy atom. The van der Waals surface area contributed by atoms with Crippen LogP contribution in [0.1, 0.15) is 25.3 Å². The number of nitrogens with one attached hydrogen (secondary N) is 1. The quantitative estimate of drug-likeness (QED) is 0.793. The average Bonchev–Trinajstić information content (AvgIpc) is 2.39. The Bertz CT molecular complexity index is 511. The molecule has 0 atom stereocenters. The second-order valence-corrected chi connectivity index (χ2v) is 4.40. The fourth-order valence-corrected chi connectivity index (χ4v) is 1.92. The highest BCUT2D eigenvalue weighted by molar-refractivity contribution is 5.84. The SMILES string of the molecule is CCCCOc1cccc2cc(CNC)cnc12. The molecule has 3 heteroatoms. The third kappa shape index (κ3) is 2.99. The molecule has 1 N–H and O–H groups in total. The van der Waals surface area contributed by atoms with Crippen molar-refractivity contribution in [1.82, 2.24) is 10.3 Å². The lowest BCUT2D eigenvalue weighted by Gasteiger charge is -2.09. The highest BCUT2D eigenvalue weighted by atomic mass is 16.5. The Morgan fingerprint density at radius 1 is 1.33 bits per heavy atom. The summed E-state index contributed by atoms with van der Waals surface area (Å²) in [4.78, 5) is 4.51. The zero-order chi connectivity index (χ0) is 12.8. The van der Waals surface area contributed by atoms with Gasteiger partial charge in [-0.2, -0.15) is 0 Å². The maximum Gasteiger partial charge on any atom is 0.145 e. The summed E-state index contributed by atoms with van der Waals surface area (Å²) in [6, 6.07) is 8.25. The van der Waals surface area contributed by atoms with E-state index in [1.807, 2.05) is 25.4 Å². The molecule has 0 radical (unpaired) electrons. The molecule has 0 saturated carbocycles. The molecule has 0 unspecified atom stereocenters. The smallest absolute Gasteiger partial charge is 0.145 e. The summed E-state index contributed by atoms with van der Waals surface area (Å²) in [5.74, 6) is 0.886. The normalized spacial score (nSPS) is 10.8. The summed E-state index contributed by atoms with van der Waals surface area (Å²) in [7, 11) is 1.94. The summed E-state index contributed by atoms with van der Waals surface area (Å²) in [6.45, 7) is 3.76. The van der Waals surface area contributed by atoms with Gasteiger partial charge in [0.25, 0.3) is 0 Å². The maximum atomic E-state index is 5.78. The van der Waals surface area contributed by atoms with E-state index in [9.17, 15) is 0 Å². The Kier molecular flexibility index (Phi) is 4.53. The number of unbranched alkanes of at least 4 members (excludes halogenated alkanes) is 1. The van der Waals surface area contributed by atoms with Crippen LogP contribution in [-0.2, 0) is 6.54 Å². The summed E-state index contributed by atoms with van der Waals surface area (Å²) >= 11 is 0. The number of para-hydroxylation sites is 1. The average molecular weight is 244 g/mol. The molecule has 0 aliphatic rings. The van der Waals surface area contributed by atoms with E-state index in [1.54, 1.807) is 0 Å². The molecule has 1 heterocycles. The number of fused-ring (bicyclic) bond motifs is 1. The molecule has 0 spiro atoms. The molecule has 0 amide bonds. The fourth-order valence-electron chi connectivity index (χ4n) is 1.92. The zero-order valence-electron chi connectivity index (χ0n) is 11.1. The van der Waals surface area contributed by atoms with Crippen molar-refractivity contribution in [3.05, 3.63) is 36.0 Å². The number of aromatic nitrogens is 1. The molecular formula is C15H20N2O. The van der Waals surface area contributed by atoms with Gasteiger partial charge in [-0.15, -0.1) is 0 Å². The van der Waals surface area contributed by atoms with Crippen LogP contribution < -0.4 is 10.1 Å². The second-order valence-electron chi connectivity index (χ2n) is 4.40. The third-order valence-electron chi connectivity index (χ3n) is 2.87. The largest absolute Gasteiger partial charge is 0.491 e. The molecule has 2 rings (SSSR count). The van der Waals surface area contributed by atoms with Crippen molar-refractivity contribution in [2.24, 2.45) is 0 Å². The van der Waals surface area contributed by atoms with Crippen LogP contribution in [0, 0.1) is 0 Å². The topological polar surface area (TPSA) is 34.1 Å². The summed E-state index contributed by atoms with van der Waals surface area (Å²) in [5, 5.41) is 4.27. The molecule has 0 saturated heterocycles. The molecule has 0 bridgehead atoms. The van der Waals surface area contributed by atoms with Gasteiger partial charge in [0.1, 0.15) is 11.3 Å². The van der Waals surface area contributed by atoms with Gasteiger partial charge in [0.15, 0.2) is 0 Å². The lowest BCUT2D eigenvalue weighted by atomic mass is 10.1. The summed E-state index contributed by atoms with van der Waals surface area (Å²) in [6.07, 6.45) is 4.13. The van der Waals surface area contributed by atoms with E-state index in [0.717, 1.165) is 42.6 Å². The Hall–Kier alpha value is -1.61. The summed E-state index contributed by atoms with van der Waals surface area (Å²) in [5.41, 5.74) is 2.14. The minimum absolute atomic E-state index is 0.759. The molecule has 0 fully saturated rings. The maximum absolute atomic E-state index is 5.78. The Balaban J connectivity index is 2.26. The first kappa shape index (κ1) is 12.8. The zero-order valence-corrected chi connectivity index (χ0v) is 11.1. The van der Waals surface area contributed by atoms with Crippen LogP contribution in [0.5, 0.6) is 5.75 Å². The van der Waals surface area contributed by atoms with Crippen LogP contribution in [-0.4, -0.2) is 18.6 Å². The Labute approximate surface area is 108 Å². The minimum atomic E-state index is 0.759. The van der Waals surface area contributed by atoms with Gasteiger partial charge in [-0.3, -0.25) is 4.98 Å². The van der Waals surface area contributed by atoms with Gasteiger partial charge in [0.2, 0.25) is 0 Å². The molecule has 0 aliphatic carbocycles. The molecule has 0 aliphatic heterocycles. The number of rotatable bonds is 6. The Morgan fingerprint density at radius 2 is 2.22 bits per heavy atom. The van der Waals surface area contributed by atoms with Crippen molar-refractivity contribution < 1.29 is 4.74 Å². The van der Waals surface area contributed by atoms with Crippen molar-refractivity contribution >= 4 is 10.9 Å². The highest BCUT2D eigenvalue weighted by Crippen LogP contribution is 2.24. The monoisotopic (exact) mass is 244 g/mol. The van der Waals surface area contributed by atoms with Crippen LogP contribution in [0.3, 0.4) is 0 Å². The van der Waals surface area contributed by atoms with E-state index in [0.29, 0.717) is 0 Å². The van der Waals surface area contributed by atoms with Crippen molar-refractivity contribution in [3.63, 3.8) is 0 Å². The number of hydrogen-bond donors (Lipinski definition) is 1. The van der Waals surface area contributed by atoms with Crippen LogP contribution in [0.4, 0.5) is 0 Å². The second kappa shape index (κ2) is 6.36. The third-order valence-corrected chi connectivity index (χ3v) is 2.87. The van der Waals surface area contributed by atoms with Gasteiger partial charge >= 0.3 is 0 Å². The standard InChI is InChI=1S/C15H20N2O/c1-3-4-8-18-14-7-5-6-13-9-12(10-16-2)11-17-15(13)14/h5-7,9,11,16H,3-4,8,10H2,1-2H3. The summed E-state index contributed by atoms with van der Waals surface area (Å²) < 4.78 is 5.78. The van der Waals surface area contributed by atoms with Gasteiger partial charge < -0.3 is 10.1 Å². The van der Waals surface area contributed by atoms with Crippen molar-refractivity contribution in [2.45, 2.75) is 26.3 Å². The predicted octanol–water partition coefficient (Wildman–Crippen LogP) is 3.13. The van der Waals surface area contributed by atoms with Gasteiger partial charge in [-0.05, 0) is 31.2 Å². The fraction of sp³-hybridized carbons (Fsp3) is 0.400. The number of ether oxygens (including phenoxy) is 1. The van der Waals surface area contributed by atoms with Crippen molar-refractivity contribution in [1.29, 1.82) is 0 Å². The van der Waals surface area contributed by atoms with Crippen LogP contribution >= 0.6 is 0 Å². The van der Waals surface area contributed by atoms with E-state index < -0.39 is 0 Å². The van der Waals surface area contributed by atoms with E-state index in [-0.39, 0.29) is 0 Å². The van der Waals surface area contributed by atoms with E-state index in [1.165, 1.54) is 5.56 Å². The van der Waals surface area contributed by atoms with Gasteiger partial charge in [0, 0.05) is 18.1 Å². The van der Waals surface area contributed by atoms with Crippen LogP contribution in [0.25, 0.3) is 10.9 Å². The number of benzene rings is 1. The predicted molar refractivity (Wildman–Crippen MR) is 74.9 cm³/mol. The molecular weight excluding hydrogens is 224 g/mol. The van der Waals surface area contributed by atoms with Gasteiger partial charge in [0.05, 0.1) is 6.61 Å². The number of hydrogen-bond acceptors (Lipinski definition) is 3. The molecule has 2 aromatic rings. The minimum Gasteiger partial charge on any atom is -0.491 e. The van der Waals surface area contributed by atoms with Gasteiger partial charge in [-0.1, -0.05) is 25.5 Å². The first-order valence-electron chi connectivity index (χ1n) is 6.50. The van der Waals surface area contributed by atoms with E-state index >= 15 is 0 Å². The molecule has 18 heavy (non-hydrogen) atoms. The molecule has 96 valence electrons. The van der Waals surface area contributed by atoms with Crippen molar-refractivity contribution in [3.8, 4) is 5.75 Å².